The molecule has 21 heavy (non-hydrogen) atoms. The molecule has 7 nitrogen and oxygen atoms in total. The fourth-order valence-electron chi connectivity index (χ4n) is 3.02. The van der Waals surface area contributed by atoms with Gasteiger partial charge in [0.2, 0.25) is 0 Å². The Kier molecular flexibility index (Phi) is 3.27. The van der Waals surface area contributed by atoms with Gasteiger partial charge in [0.1, 0.15) is 12.1 Å². The number of carbonyl (C=O) groups is 1. The van der Waals surface area contributed by atoms with Gasteiger partial charge >= 0.3 is 5.97 Å². The van der Waals surface area contributed by atoms with E-state index in [1.165, 1.54) is 6.33 Å². The van der Waals surface area contributed by atoms with Crippen LogP contribution in [0.3, 0.4) is 0 Å². The number of nitrogens with zero attached hydrogens (tertiary/aromatic N) is 5. The smallest absolute Gasteiger partial charge is 0.309 e. The lowest BCUT2D eigenvalue weighted by atomic mass is 9.76. The van der Waals surface area contributed by atoms with Gasteiger partial charge in [-0.05, 0) is 26.2 Å². The van der Waals surface area contributed by atoms with Gasteiger partial charge in [-0.3, -0.25) is 4.79 Å². The lowest BCUT2D eigenvalue weighted by molar-refractivity contribution is -0.150. The average molecular weight is 289 g/mol. The predicted octanol–water partition coefficient (Wildman–Crippen LogP) is 1.51. The molecule has 3 heterocycles. The normalized spacial score (nSPS) is 18.1. The molecule has 7 heteroatoms. The van der Waals surface area contributed by atoms with Crippen LogP contribution in [0.5, 0.6) is 0 Å². The molecular formula is C14H19N5O2. The standard InChI is InChI=1S/C14H19N5O2/c1-3-14(12(20)21)4-6-18(7-5-14)11-8-10(2)17-13-15-9-16-19(11)13/h8-9H,3-7H2,1-2H3,(H,20,21). The van der Waals surface area contributed by atoms with Crippen molar-refractivity contribution in [2.45, 2.75) is 33.1 Å². The Morgan fingerprint density at radius 1 is 1.43 bits per heavy atom. The van der Waals surface area contributed by atoms with Gasteiger partial charge in [-0.15, -0.1) is 0 Å². The summed E-state index contributed by atoms with van der Waals surface area (Å²) in [4.78, 5) is 22.2. The van der Waals surface area contributed by atoms with Gasteiger partial charge in [0.25, 0.3) is 5.78 Å². The zero-order valence-electron chi connectivity index (χ0n) is 12.3. The van der Waals surface area contributed by atoms with Crippen molar-refractivity contribution in [2.75, 3.05) is 18.0 Å². The van der Waals surface area contributed by atoms with Crippen molar-refractivity contribution in [2.24, 2.45) is 5.41 Å². The number of carboxylic acid groups (broad SMARTS) is 1. The summed E-state index contributed by atoms with van der Waals surface area (Å²) in [6.45, 7) is 5.29. The van der Waals surface area contributed by atoms with Gasteiger partial charge in [0, 0.05) is 24.8 Å². The number of hydrogen-bond acceptors (Lipinski definition) is 5. The van der Waals surface area contributed by atoms with Crippen LogP contribution in [0.15, 0.2) is 12.4 Å². The number of aryl methyl sites for hydroxylation is 1. The quantitative estimate of drug-likeness (QED) is 0.922. The van der Waals surface area contributed by atoms with Crippen molar-refractivity contribution in [3.63, 3.8) is 0 Å². The first-order chi connectivity index (χ1) is 10.1. The first-order valence-electron chi connectivity index (χ1n) is 7.21. The molecule has 2 aromatic rings. The van der Waals surface area contributed by atoms with E-state index in [-0.39, 0.29) is 0 Å². The summed E-state index contributed by atoms with van der Waals surface area (Å²) in [5, 5.41) is 13.7. The molecule has 0 spiro atoms. The predicted molar refractivity (Wildman–Crippen MR) is 77.3 cm³/mol. The second kappa shape index (κ2) is 4.98. The van der Waals surface area contributed by atoms with Gasteiger partial charge < -0.3 is 10.0 Å². The number of fused-ring (bicyclic) bond motifs is 1. The largest absolute Gasteiger partial charge is 0.481 e. The lowest BCUT2D eigenvalue weighted by Crippen LogP contribution is -2.44. The van der Waals surface area contributed by atoms with Crippen LogP contribution in [0.2, 0.25) is 0 Å². The molecule has 0 bridgehead atoms. The minimum absolute atomic E-state index is 0.579. The number of carboxylic acids is 1. The topological polar surface area (TPSA) is 83.6 Å². The maximum Gasteiger partial charge on any atom is 0.309 e. The Balaban J connectivity index is 1.89. The van der Waals surface area contributed by atoms with Crippen LogP contribution in [0, 0.1) is 12.3 Å². The van der Waals surface area contributed by atoms with Crippen molar-refractivity contribution in [3.8, 4) is 0 Å². The first kappa shape index (κ1) is 13.8. The average Bonchev–Trinajstić information content (AvgIpc) is 2.94. The Bertz CT molecular complexity index is 673. The van der Waals surface area contributed by atoms with E-state index in [9.17, 15) is 9.90 Å². The SMILES string of the molecule is CCC1(C(=O)O)CCN(c2cc(C)nc3ncnn23)CC1. The van der Waals surface area contributed by atoms with Crippen LogP contribution in [0.4, 0.5) is 5.82 Å². The maximum atomic E-state index is 11.5. The summed E-state index contributed by atoms with van der Waals surface area (Å²) < 4.78 is 1.71. The molecule has 3 rings (SSSR count). The van der Waals surface area contributed by atoms with Crippen molar-refractivity contribution >= 4 is 17.6 Å². The van der Waals surface area contributed by atoms with Crippen molar-refractivity contribution in [1.29, 1.82) is 0 Å². The first-order valence-corrected chi connectivity index (χ1v) is 7.21. The third-order valence-electron chi connectivity index (χ3n) is 4.54. The molecule has 0 amide bonds. The van der Waals surface area contributed by atoms with Crippen molar-refractivity contribution in [3.05, 3.63) is 18.1 Å². The Morgan fingerprint density at radius 3 is 2.76 bits per heavy atom. The highest BCUT2D eigenvalue weighted by Gasteiger charge is 2.40. The summed E-state index contributed by atoms with van der Waals surface area (Å²) in [5.41, 5.74) is 0.302. The summed E-state index contributed by atoms with van der Waals surface area (Å²) in [5.74, 6) is 0.835. The van der Waals surface area contributed by atoms with Gasteiger partial charge in [0.05, 0.1) is 5.41 Å². The zero-order chi connectivity index (χ0) is 15.0. The van der Waals surface area contributed by atoms with Crippen LogP contribution in [0.1, 0.15) is 31.9 Å². The number of anilines is 1. The van der Waals surface area contributed by atoms with E-state index >= 15 is 0 Å². The Hall–Kier alpha value is -2.18. The van der Waals surface area contributed by atoms with Gasteiger partial charge in [-0.25, -0.2) is 4.98 Å². The zero-order valence-corrected chi connectivity index (χ0v) is 12.3. The molecule has 2 aromatic heterocycles. The van der Waals surface area contributed by atoms with Crippen LogP contribution < -0.4 is 4.90 Å². The Morgan fingerprint density at radius 2 is 2.14 bits per heavy atom. The molecule has 1 aliphatic rings. The van der Waals surface area contributed by atoms with E-state index in [0.29, 0.717) is 38.1 Å². The molecule has 0 atom stereocenters. The van der Waals surface area contributed by atoms with Crippen molar-refractivity contribution < 1.29 is 9.90 Å². The highest BCUT2D eigenvalue weighted by molar-refractivity contribution is 5.75. The minimum atomic E-state index is -0.679. The second-order valence-corrected chi connectivity index (χ2v) is 5.65. The number of piperidine rings is 1. The van der Waals surface area contributed by atoms with E-state index in [1.54, 1.807) is 4.52 Å². The molecule has 1 N–H and O–H groups in total. The number of aliphatic carboxylic acids is 1. The molecule has 1 aliphatic heterocycles. The highest BCUT2D eigenvalue weighted by Crippen LogP contribution is 2.36. The molecule has 0 unspecified atom stereocenters. The van der Waals surface area contributed by atoms with Gasteiger partial charge in [-0.2, -0.15) is 14.6 Å². The summed E-state index contributed by atoms with van der Waals surface area (Å²) in [6, 6.07) is 1.97. The Labute approximate surface area is 122 Å². The maximum absolute atomic E-state index is 11.5. The molecule has 1 saturated heterocycles. The number of aromatic nitrogens is 4. The second-order valence-electron chi connectivity index (χ2n) is 5.65. The molecule has 0 radical (unpaired) electrons. The molecular weight excluding hydrogens is 270 g/mol. The molecule has 112 valence electrons. The van der Waals surface area contributed by atoms with Crippen LogP contribution in [-0.4, -0.2) is 43.7 Å². The third kappa shape index (κ3) is 2.22. The fourth-order valence-corrected chi connectivity index (χ4v) is 3.02. The summed E-state index contributed by atoms with van der Waals surface area (Å²) >= 11 is 0. The summed E-state index contributed by atoms with van der Waals surface area (Å²) in [6.07, 6.45) is 3.46. The van der Waals surface area contributed by atoms with Crippen LogP contribution in [-0.2, 0) is 4.79 Å². The van der Waals surface area contributed by atoms with E-state index in [4.69, 9.17) is 0 Å². The fraction of sp³-hybridized carbons (Fsp3) is 0.571. The lowest BCUT2D eigenvalue weighted by Gasteiger charge is -2.39. The third-order valence-corrected chi connectivity index (χ3v) is 4.54. The molecule has 0 aliphatic carbocycles. The summed E-state index contributed by atoms with van der Waals surface area (Å²) in [7, 11) is 0. The van der Waals surface area contributed by atoms with Gasteiger partial charge in [0.15, 0.2) is 0 Å². The highest BCUT2D eigenvalue weighted by atomic mass is 16.4. The minimum Gasteiger partial charge on any atom is -0.481 e. The van der Waals surface area contributed by atoms with E-state index in [2.05, 4.69) is 20.0 Å². The van der Waals surface area contributed by atoms with E-state index < -0.39 is 11.4 Å². The number of hydrogen-bond donors (Lipinski definition) is 1. The monoisotopic (exact) mass is 289 g/mol. The van der Waals surface area contributed by atoms with Crippen LogP contribution in [0.25, 0.3) is 5.78 Å². The van der Waals surface area contributed by atoms with E-state index in [0.717, 1.165) is 11.5 Å². The van der Waals surface area contributed by atoms with Gasteiger partial charge in [-0.1, -0.05) is 6.92 Å². The molecule has 0 aromatic carbocycles. The van der Waals surface area contributed by atoms with Crippen LogP contribution >= 0.6 is 0 Å². The van der Waals surface area contributed by atoms with Crippen molar-refractivity contribution in [1.82, 2.24) is 19.6 Å². The van der Waals surface area contributed by atoms with E-state index in [1.807, 2.05) is 19.9 Å². The molecule has 1 fully saturated rings. The number of rotatable bonds is 3. The molecule has 0 saturated carbocycles.